The van der Waals surface area contributed by atoms with E-state index in [0.29, 0.717) is 18.8 Å². The van der Waals surface area contributed by atoms with Crippen molar-refractivity contribution < 1.29 is 14.6 Å². The number of thiol groups is 1. The summed E-state index contributed by atoms with van der Waals surface area (Å²) in [4.78, 5) is 11.4. The Morgan fingerprint density at radius 2 is 2.07 bits per heavy atom. The molecule has 0 aliphatic carbocycles. The fourth-order valence-electron chi connectivity index (χ4n) is 1.41. The van der Waals surface area contributed by atoms with Crippen molar-refractivity contribution in [2.24, 2.45) is 5.92 Å². The molecule has 1 N–H and O–H groups in total. The van der Waals surface area contributed by atoms with Crippen LogP contribution in [-0.4, -0.2) is 29.5 Å². The summed E-state index contributed by atoms with van der Waals surface area (Å²) in [5.41, 5.74) is 0. The van der Waals surface area contributed by atoms with Crippen LogP contribution in [0.15, 0.2) is 0 Å². The van der Waals surface area contributed by atoms with Crippen molar-refractivity contribution in [2.75, 3.05) is 12.4 Å². The van der Waals surface area contributed by atoms with Crippen LogP contribution in [0.1, 0.15) is 39.5 Å². The molecular weight excluding hydrogens is 212 g/mol. The zero-order chi connectivity index (χ0) is 11.7. The van der Waals surface area contributed by atoms with E-state index in [0.717, 1.165) is 19.3 Å². The Bertz CT molecular complexity index is 173. The second-order valence-electron chi connectivity index (χ2n) is 3.60. The van der Waals surface area contributed by atoms with Gasteiger partial charge in [0.05, 0.1) is 18.6 Å². The van der Waals surface area contributed by atoms with Crippen molar-refractivity contribution in [3.63, 3.8) is 0 Å². The molecule has 0 bridgehead atoms. The topological polar surface area (TPSA) is 46.5 Å². The fourth-order valence-corrected chi connectivity index (χ4v) is 1.80. The van der Waals surface area contributed by atoms with E-state index in [9.17, 15) is 9.90 Å². The van der Waals surface area contributed by atoms with Gasteiger partial charge in [-0.05, 0) is 13.3 Å². The lowest BCUT2D eigenvalue weighted by atomic mass is 9.99. The minimum atomic E-state index is -0.618. The zero-order valence-electron chi connectivity index (χ0n) is 9.61. The molecule has 0 saturated carbocycles. The normalized spacial score (nSPS) is 14.7. The molecule has 15 heavy (non-hydrogen) atoms. The lowest BCUT2D eigenvalue weighted by Crippen LogP contribution is -2.31. The Labute approximate surface area is 97.6 Å². The van der Waals surface area contributed by atoms with E-state index in [4.69, 9.17) is 4.74 Å². The predicted molar refractivity (Wildman–Crippen MR) is 64.1 cm³/mol. The largest absolute Gasteiger partial charge is 0.466 e. The van der Waals surface area contributed by atoms with E-state index in [-0.39, 0.29) is 5.97 Å². The summed E-state index contributed by atoms with van der Waals surface area (Å²) in [6, 6.07) is 0. The van der Waals surface area contributed by atoms with Crippen molar-refractivity contribution in [1.29, 1.82) is 0 Å². The third-order valence-electron chi connectivity index (χ3n) is 2.35. The van der Waals surface area contributed by atoms with Crippen LogP contribution in [-0.2, 0) is 9.53 Å². The van der Waals surface area contributed by atoms with Gasteiger partial charge in [0.25, 0.3) is 0 Å². The fraction of sp³-hybridized carbons (Fsp3) is 0.909. The quantitative estimate of drug-likeness (QED) is 0.384. The number of hydrogen-bond donors (Lipinski definition) is 2. The molecular formula is C11H22O3S. The smallest absolute Gasteiger partial charge is 0.312 e. The zero-order valence-corrected chi connectivity index (χ0v) is 10.5. The average Bonchev–Trinajstić information content (AvgIpc) is 2.19. The number of carbonyl (C=O) groups is 1. The van der Waals surface area contributed by atoms with Crippen LogP contribution >= 0.6 is 12.6 Å². The molecule has 0 heterocycles. The molecule has 0 aromatic heterocycles. The molecule has 4 heteroatoms. The van der Waals surface area contributed by atoms with Crippen LogP contribution in [0.4, 0.5) is 0 Å². The van der Waals surface area contributed by atoms with E-state index in [1.165, 1.54) is 0 Å². The molecule has 2 atom stereocenters. The molecule has 0 spiro atoms. The van der Waals surface area contributed by atoms with Crippen LogP contribution in [0.2, 0.25) is 0 Å². The van der Waals surface area contributed by atoms with Crippen molar-refractivity contribution in [1.82, 2.24) is 0 Å². The molecule has 2 unspecified atom stereocenters. The van der Waals surface area contributed by atoms with Gasteiger partial charge in [0.2, 0.25) is 0 Å². The molecule has 0 rings (SSSR count). The lowest BCUT2D eigenvalue weighted by molar-refractivity contribution is -0.151. The number of hydrogen-bond acceptors (Lipinski definition) is 4. The van der Waals surface area contributed by atoms with Gasteiger partial charge in [0.1, 0.15) is 0 Å². The van der Waals surface area contributed by atoms with Crippen LogP contribution in [0.25, 0.3) is 0 Å². The van der Waals surface area contributed by atoms with E-state index in [1.807, 2.05) is 0 Å². The molecule has 0 aliphatic heterocycles. The number of ether oxygens (including phenoxy) is 1. The first-order valence-electron chi connectivity index (χ1n) is 5.62. The number of aliphatic hydroxyl groups excluding tert-OH is 1. The monoisotopic (exact) mass is 234 g/mol. The highest BCUT2D eigenvalue weighted by Gasteiger charge is 2.26. The van der Waals surface area contributed by atoms with E-state index in [1.54, 1.807) is 6.92 Å². The molecule has 0 aromatic carbocycles. The highest BCUT2D eigenvalue weighted by atomic mass is 32.1. The maximum atomic E-state index is 11.4. The minimum absolute atomic E-state index is 0.337. The molecule has 90 valence electrons. The Hall–Kier alpha value is -0.220. The Morgan fingerprint density at radius 3 is 2.53 bits per heavy atom. The second kappa shape index (κ2) is 9.04. The second-order valence-corrected chi connectivity index (χ2v) is 3.97. The third kappa shape index (κ3) is 6.05. The average molecular weight is 234 g/mol. The first kappa shape index (κ1) is 14.8. The maximum Gasteiger partial charge on any atom is 0.312 e. The van der Waals surface area contributed by atoms with E-state index >= 15 is 0 Å². The molecule has 3 nitrogen and oxygen atoms in total. The SMILES string of the molecule is CCCCCC(O)C(CS)C(=O)OCC. The van der Waals surface area contributed by atoms with Gasteiger partial charge in [0.15, 0.2) is 0 Å². The number of rotatable bonds is 8. The van der Waals surface area contributed by atoms with Crippen molar-refractivity contribution in [2.45, 2.75) is 45.6 Å². The maximum absolute atomic E-state index is 11.4. The van der Waals surface area contributed by atoms with Crippen molar-refractivity contribution in [3.8, 4) is 0 Å². The van der Waals surface area contributed by atoms with Crippen LogP contribution in [0.5, 0.6) is 0 Å². The Morgan fingerprint density at radius 1 is 1.40 bits per heavy atom. The number of aliphatic hydroxyl groups is 1. The van der Waals surface area contributed by atoms with E-state index < -0.39 is 12.0 Å². The summed E-state index contributed by atoms with van der Waals surface area (Å²) in [5.74, 6) is -0.479. The number of carbonyl (C=O) groups excluding carboxylic acids is 1. The highest BCUT2D eigenvalue weighted by Crippen LogP contribution is 2.15. The van der Waals surface area contributed by atoms with Crippen molar-refractivity contribution >= 4 is 18.6 Å². The number of unbranched alkanes of at least 4 members (excludes halogenated alkanes) is 2. The summed E-state index contributed by atoms with van der Waals surface area (Å²) in [6.07, 6.45) is 3.17. The Kier molecular flexibility index (Phi) is 8.91. The van der Waals surface area contributed by atoms with Crippen LogP contribution < -0.4 is 0 Å². The lowest BCUT2D eigenvalue weighted by Gasteiger charge is -2.19. The van der Waals surface area contributed by atoms with Gasteiger partial charge >= 0.3 is 5.97 Å². The minimum Gasteiger partial charge on any atom is -0.466 e. The molecule has 0 saturated heterocycles. The summed E-state index contributed by atoms with van der Waals surface area (Å²) >= 11 is 4.07. The molecule has 0 aliphatic rings. The third-order valence-corrected chi connectivity index (χ3v) is 2.75. The standard InChI is InChI=1S/C11H22O3S/c1-3-5-6-7-10(12)9(8-15)11(13)14-4-2/h9-10,12,15H,3-8H2,1-2H3. The van der Waals surface area contributed by atoms with Crippen LogP contribution in [0.3, 0.4) is 0 Å². The first-order valence-corrected chi connectivity index (χ1v) is 6.26. The van der Waals surface area contributed by atoms with Crippen LogP contribution in [0, 0.1) is 5.92 Å². The van der Waals surface area contributed by atoms with Gasteiger partial charge in [-0.1, -0.05) is 26.2 Å². The predicted octanol–water partition coefficient (Wildman–Crippen LogP) is 2.04. The van der Waals surface area contributed by atoms with Gasteiger partial charge in [0, 0.05) is 5.75 Å². The first-order chi connectivity index (χ1) is 7.17. The summed E-state index contributed by atoms with van der Waals surface area (Å²) in [7, 11) is 0. The van der Waals surface area contributed by atoms with Gasteiger partial charge in [-0.2, -0.15) is 12.6 Å². The molecule has 0 radical (unpaired) electrons. The van der Waals surface area contributed by atoms with Gasteiger partial charge < -0.3 is 9.84 Å². The van der Waals surface area contributed by atoms with E-state index in [2.05, 4.69) is 19.6 Å². The Balaban J connectivity index is 3.97. The molecule has 0 amide bonds. The van der Waals surface area contributed by atoms with Gasteiger partial charge in [-0.3, -0.25) is 4.79 Å². The summed E-state index contributed by atoms with van der Waals surface area (Å²) in [6.45, 7) is 4.22. The summed E-state index contributed by atoms with van der Waals surface area (Å²) in [5, 5.41) is 9.78. The summed E-state index contributed by atoms with van der Waals surface area (Å²) < 4.78 is 4.87. The van der Waals surface area contributed by atoms with Gasteiger partial charge in [-0.25, -0.2) is 0 Å². The highest BCUT2D eigenvalue weighted by molar-refractivity contribution is 7.80. The van der Waals surface area contributed by atoms with Crippen molar-refractivity contribution in [3.05, 3.63) is 0 Å². The molecule has 0 aromatic rings. The van der Waals surface area contributed by atoms with Gasteiger partial charge in [-0.15, -0.1) is 0 Å². The molecule has 0 fully saturated rings. The number of esters is 1.